The molecule has 0 spiro atoms. The van der Waals surface area contributed by atoms with Gasteiger partial charge in [-0.25, -0.2) is 0 Å². The molecule has 0 aromatic heterocycles. The Kier molecular flexibility index (Phi) is 8.00. The summed E-state index contributed by atoms with van der Waals surface area (Å²) in [7, 11) is 1.47. The van der Waals surface area contributed by atoms with Gasteiger partial charge in [-0.2, -0.15) is 5.26 Å². The molecule has 2 aromatic rings. The first-order chi connectivity index (χ1) is 14.4. The summed E-state index contributed by atoms with van der Waals surface area (Å²) in [5, 5.41) is 14.9. The number of ether oxygens (including phenoxy) is 2. The zero-order valence-corrected chi connectivity index (χ0v) is 17.5. The summed E-state index contributed by atoms with van der Waals surface area (Å²) in [4.78, 5) is 24.2. The highest BCUT2D eigenvalue weighted by molar-refractivity contribution is 6.10. The van der Waals surface area contributed by atoms with Gasteiger partial charge in [0.15, 0.2) is 18.1 Å². The Morgan fingerprint density at radius 2 is 1.83 bits per heavy atom. The Labute approximate surface area is 176 Å². The molecule has 2 N–H and O–H groups in total. The number of carbonyl (C=O) groups is 2. The van der Waals surface area contributed by atoms with Crippen LogP contribution in [0.1, 0.15) is 23.6 Å². The second-order valence-electron chi connectivity index (χ2n) is 6.54. The fraction of sp³-hybridized carbons (Fsp3) is 0.261. The van der Waals surface area contributed by atoms with Crippen LogP contribution < -0.4 is 20.1 Å². The van der Waals surface area contributed by atoms with E-state index in [1.165, 1.54) is 13.2 Å². The average Bonchev–Trinajstić information content (AvgIpc) is 2.73. The van der Waals surface area contributed by atoms with Crippen molar-refractivity contribution in [2.24, 2.45) is 0 Å². The van der Waals surface area contributed by atoms with Gasteiger partial charge in [-0.3, -0.25) is 9.59 Å². The van der Waals surface area contributed by atoms with E-state index < -0.39 is 5.91 Å². The van der Waals surface area contributed by atoms with E-state index in [4.69, 9.17) is 9.47 Å². The molecule has 0 unspecified atom stereocenters. The average molecular weight is 407 g/mol. The fourth-order valence-corrected chi connectivity index (χ4v) is 2.79. The molecule has 0 radical (unpaired) electrons. The molecule has 0 aliphatic rings. The number of anilines is 1. The molecule has 156 valence electrons. The molecule has 2 rings (SSSR count). The van der Waals surface area contributed by atoms with Gasteiger partial charge in [0.2, 0.25) is 0 Å². The quantitative estimate of drug-likeness (QED) is 0.516. The Bertz CT molecular complexity index is 986. The largest absolute Gasteiger partial charge is 0.493 e. The lowest BCUT2D eigenvalue weighted by Crippen LogP contribution is -2.28. The lowest BCUT2D eigenvalue weighted by molar-refractivity contribution is -0.123. The van der Waals surface area contributed by atoms with Crippen molar-refractivity contribution in [1.82, 2.24) is 5.32 Å². The van der Waals surface area contributed by atoms with Crippen molar-refractivity contribution >= 4 is 23.6 Å². The first kappa shape index (κ1) is 22.5. The summed E-state index contributed by atoms with van der Waals surface area (Å²) in [6.45, 7) is 5.99. The lowest BCUT2D eigenvalue weighted by atomic mass is 10.1. The van der Waals surface area contributed by atoms with Crippen LogP contribution in [0.15, 0.2) is 42.0 Å². The highest BCUT2D eigenvalue weighted by Crippen LogP contribution is 2.29. The van der Waals surface area contributed by atoms with Crippen molar-refractivity contribution in [3.63, 3.8) is 0 Å². The molecule has 30 heavy (non-hydrogen) atoms. The Morgan fingerprint density at radius 3 is 2.43 bits per heavy atom. The Balaban J connectivity index is 2.21. The number of nitrogens with one attached hydrogen (secondary N) is 2. The zero-order chi connectivity index (χ0) is 22.1. The van der Waals surface area contributed by atoms with Crippen LogP contribution in [0.5, 0.6) is 11.5 Å². The van der Waals surface area contributed by atoms with Gasteiger partial charge in [0.1, 0.15) is 11.6 Å². The van der Waals surface area contributed by atoms with Crippen molar-refractivity contribution < 1.29 is 19.1 Å². The second kappa shape index (κ2) is 10.7. The van der Waals surface area contributed by atoms with E-state index in [0.29, 0.717) is 29.3 Å². The second-order valence-corrected chi connectivity index (χ2v) is 6.54. The van der Waals surface area contributed by atoms with Crippen LogP contribution in [0.3, 0.4) is 0 Å². The number of benzene rings is 2. The third kappa shape index (κ3) is 5.85. The predicted octanol–water partition coefficient (Wildman–Crippen LogP) is 3.37. The third-order valence-corrected chi connectivity index (χ3v) is 4.32. The van der Waals surface area contributed by atoms with Crippen LogP contribution in [0.2, 0.25) is 0 Å². The molecule has 0 heterocycles. The maximum absolute atomic E-state index is 12.6. The van der Waals surface area contributed by atoms with Gasteiger partial charge < -0.3 is 20.1 Å². The molecule has 0 atom stereocenters. The first-order valence-corrected chi connectivity index (χ1v) is 9.46. The van der Waals surface area contributed by atoms with Crippen molar-refractivity contribution in [2.45, 2.75) is 20.8 Å². The van der Waals surface area contributed by atoms with E-state index in [2.05, 4.69) is 10.6 Å². The van der Waals surface area contributed by atoms with Crippen LogP contribution in [0, 0.1) is 25.2 Å². The highest BCUT2D eigenvalue weighted by Gasteiger charge is 2.13. The van der Waals surface area contributed by atoms with Crippen LogP contribution in [0.4, 0.5) is 5.69 Å². The number of nitriles is 1. The topological polar surface area (TPSA) is 100 Å². The summed E-state index contributed by atoms with van der Waals surface area (Å²) in [5.41, 5.74) is 3.06. The number of amides is 2. The molecule has 2 aromatic carbocycles. The first-order valence-electron chi connectivity index (χ1n) is 9.46. The summed E-state index contributed by atoms with van der Waals surface area (Å²) < 4.78 is 10.8. The SMILES string of the molecule is CCNC(=O)COc1ccc(/C=C(\C#N)C(=O)Nc2c(C)cccc2C)cc1OC. The number of aryl methyl sites for hydroxylation is 2. The molecule has 0 saturated carbocycles. The lowest BCUT2D eigenvalue weighted by Gasteiger charge is -2.12. The van der Waals surface area contributed by atoms with Crippen molar-refractivity contribution in [3.05, 3.63) is 58.7 Å². The molecule has 2 amide bonds. The minimum absolute atomic E-state index is 0.0456. The van der Waals surface area contributed by atoms with Gasteiger partial charge in [-0.15, -0.1) is 0 Å². The summed E-state index contributed by atoms with van der Waals surface area (Å²) in [5.74, 6) is 0.0452. The van der Waals surface area contributed by atoms with Gasteiger partial charge in [0.05, 0.1) is 7.11 Å². The molecule has 0 aliphatic carbocycles. The Hall–Kier alpha value is -3.79. The van der Waals surface area contributed by atoms with Crippen LogP contribution >= 0.6 is 0 Å². The van der Waals surface area contributed by atoms with E-state index in [1.807, 2.05) is 45.0 Å². The van der Waals surface area contributed by atoms with E-state index in [0.717, 1.165) is 11.1 Å². The normalized spacial score (nSPS) is 10.7. The molecule has 0 fully saturated rings. The van der Waals surface area contributed by atoms with Crippen LogP contribution in [0.25, 0.3) is 6.08 Å². The van der Waals surface area contributed by atoms with E-state index in [9.17, 15) is 14.9 Å². The summed E-state index contributed by atoms with van der Waals surface area (Å²) in [6, 6.07) is 12.6. The molecule has 0 bridgehead atoms. The molecule has 7 nitrogen and oxygen atoms in total. The van der Waals surface area contributed by atoms with E-state index in [-0.39, 0.29) is 18.1 Å². The number of rotatable bonds is 8. The zero-order valence-electron chi connectivity index (χ0n) is 17.5. The van der Waals surface area contributed by atoms with Crippen LogP contribution in [-0.4, -0.2) is 32.1 Å². The van der Waals surface area contributed by atoms with Crippen LogP contribution in [-0.2, 0) is 9.59 Å². The van der Waals surface area contributed by atoms with Gasteiger partial charge in [-0.1, -0.05) is 24.3 Å². The minimum atomic E-state index is -0.495. The maximum atomic E-state index is 12.6. The highest BCUT2D eigenvalue weighted by atomic mass is 16.5. The number of methoxy groups -OCH3 is 1. The molecule has 0 aliphatic heterocycles. The number of hydrogen-bond acceptors (Lipinski definition) is 5. The van der Waals surface area contributed by atoms with Gasteiger partial charge in [0.25, 0.3) is 11.8 Å². The van der Waals surface area contributed by atoms with Gasteiger partial charge >= 0.3 is 0 Å². The molecule has 7 heteroatoms. The number of para-hydroxylation sites is 1. The maximum Gasteiger partial charge on any atom is 0.266 e. The number of nitrogens with zero attached hydrogens (tertiary/aromatic N) is 1. The van der Waals surface area contributed by atoms with Crippen molar-refractivity contribution in [2.75, 3.05) is 25.6 Å². The monoisotopic (exact) mass is 407 g/mol. The van der Waals surface area contributed by atoms with Gasteiger partial charge in [0, 0.05) is 12.2 Å². The molecular weight excluding hydrogens is 382 g/mol. The van der Waals surface area contributed by atoms with E-state index in [1.54, 1.807) is 18.2 Å². The summed E-state index contributed by atoms with van der Waals surface area (Å²) in [6.07, 6.45) is 1.47. The van der Waals surface area contributed by atoms with E-state index >= 15 is 0 Å². The van der Waals surface area contributed by atoms with Crippen molar-refractivity contribution in [3.8, 4) is 17.6 Å². The number of carbonyl (C=O) groups excluding carboxylic acids is 2. The predicted molar refractivity (Wildman–Crippen MR) is 115 cm³/mol. The molecule has 0 saturated heterocycles. The number of hydrogen-bond donors (Lipinski definition) is 2. The van der Waals surface area contributed by atoms with Crippen molar-refractivity contribution in [1.29, 1.82) is 5.26 Å². The molecular formula is C23H25N3O4. The summed E-state index contributed by atoms with van der Waals surface area (Å²) >= 11 is 0. The smallest absolute Gasteiger partial charge is 0.266 e. The minimum Gasteiger partial charge on any atom is -0.493 e. The Morgan fingerprint density at radius 1 is 1.13 bits per heavy atom. The standard InChI is InChI=1S/C23H25N3O4/c1-5-25-21(27)14-30-19-10-9-17(12-20(19)29-4)11-18(13-24)23(28)26-22-15(2)7-6-8-16(22)3/h6-12H,5,14H2,1-4H3,(H,25,27)(H,26,28)/b18-11+. The fourth-order valence-electron chi connectivity index (χ4n) is 2.79. The number of likely N-dealkylation sites (N-methyl/N-ethyl adjacent to an activating group) is 1. The third-order valence-electron chi connectivity index (χ3n) is 4.32. The van der Waals surface area contributed by atoms with Gasteiger partial charge in [-0.05, 0) is 55.7 Å².